The number of para-hydroxylation sites is 1. The molecular formula is C25H31F3N2O4. The van der Waals surface area contributed by atoms with Gasteiger partial charge >= 0.3 is 18.2 Å². The van der Waals surface area contributed by atoms with E-state index in [1.165, 1.54) is 17.0 Å². The monoisotopic (exact) mass is 480 g/mol. The lowest BCUT2D eigenvalue weighted by Gasteiger charge is -2.26. The highest BCUT2D eigenvalue weighted by Crippen LogP contribution is 2.34. The molecular weight excluding hydrogens is 449 g/mol. The lowest BCUT2D eigenvalue weighted by Crippen LogP contribution is -2.39. The number of benzene rings is 2. The van der Waals surface area contributed by atoms with Crippen LogP contribution in [0.5, 0.6) is 0 Å². The number of anilines is 2. The van der Waals surface area contributed by atoms with Crippen molar-refractivity contribution in [3.05, 3.63) is 60.2 Å². The minimum absolute atomic E-state index is 0.121. The second-order valence-electron chi connectivity index (χ2n) is 8.27. The Labute approximate surface area is 197 Å². The Hall–Kier alpha value is -3.07. The van der Waals surface area contributed by atoms with Crippen molar-refractivity contribution in [3.8, 4) is 0 Å². The number of hydrogen-bond donors (Lipinski definition) is 2. The molecule has 2 aromatic carbocycles. The SMILES string of the molecule is CC[C@@H](CC[C@H](C)COCC(=O)O)CNC(=O)N(c1ccccc1)c1cccc(C(F)(F)F)c1. The molecule has 2 amide bonds. The summed E-state index contributed by atoms with van der Waals surface area (Å²) in [6, 6.07) is 12.7. The largest absolute Gasteiger partial charge is 0.480 e. The zero-order valence-corrected chi connectivity index (χ0v) is 19.3. The van der Waals surface area contributed by atoms with Gasteiger partial charge in [-0.15, -0.1) is 0 Å². The number of alkyl halides is 3. The highest BCUT2D eigenvalue weighted by molar-refractivity contribution is 5.99. The first-order valence-electron chi connectivity index (χ1n) is 11.2. The van der Waals surface area contributed by atoms with Gasteiger partial charge < -0.3 is 15.2 Å². The van der Waals surface area contributed by atoms with E-state index in [1.54, 1.807) is 30.3 Å². The number of carbonyl (C=O) groups is 2. The van der Waals surface area contributed by atoms with Crippen LogP contribution in [0.15, 0.2) is 54.6 Å². The number of nitrogens with zero attached hydrogens (tertiary/aromatic N) is 1. The zero-order valence-electron chi connectivity index (χ0n) is 19.3. The maximum atomic E-state index is 13.2. The third-order valence-corrected chi connectivity index (χ3v) is 5.46. The summed E-state index contributed by atoms with van der Waals surface area (Å²) in [5, 5.41) is 11.5. The van der Waals surface area contributed by atoms with Crippen molar-refractivity contribution in [3.63, 3.8) is 0 Å². The molecule has 0 saturated carbocycles. The molecule has 2 atom stereocenters. The van der Waals surface area contributed by atoms with Crippen molar-refractivity contribution in [1.82, 2.24) is 5.32 Å². The minimum Gasteiger partial charge on any atom is -0.480 e. The maximum absolute atomic E-state index is 13.2. The molecule has 2 N–H and O–H groups in total. The van der Waals surface area contributed by atoms with E-state index >= 15 is 0 Å². The normalized spacial score (nSPS) is 13.2. The number of carbonyl (C=O) groups excluding carboxylic acids is 1. The van der Waals surface area contributed by atoms with E-state index < -0.39 is 23.7 Å². The van der Waals surface area contributed by atoms with Gasteiger partial charge in [-0.05, 0) is 55.0 Å². The summed E-state index contributed by atoms with van der Waals surface area (Å²) in [7, 11) is 0. The number of amides is 2. The number of carboxylic acids is 1. The fourth-order valence-corrected chi connectivity index (χ4v) is 3.49. The van der Waals surface area contributed by atoms with Crippen LogP contribution < -0.4 is 10.2 Å². The van der Waals surface area contributed by atoms with Crippen molar-refractivity contribution < 1.29 is 32.6 Å². The molecule has 0 fully saturated rings. The number of urea groups is 1. The predicted molar refractivity (Wildman–Crippen MR) is 124 cm³/mol. The molecule has 34 heavy (non-hydrogen) atoms. The summed E-state index contributed by atoms with van der Waals surface area (Å²) in [5.41, 5.74) is -0.253. The van der Waals surface area contributed by atoms with Gasteiger partial charge in [-0.2, -0.15) is 13.2 Å². The molecule has 0 heterocycles. The first-order valence-corrected chi connectivity index (χ1v) is 11.2. The Morgan fingerprint density at radius 3 is 2.35 bits per heavy atom. The summed E-state index contributed by atoms with van der Waals surface area (Å²) < 4.78 is 44.9. The van der Waals surface area contributed by atoms with Crippen molar-refractivity contribution in [2.24, 2.45) is 11.8 Å². The number of nitrogens with one attached hydrogen (secondary N) is 1. The molecule has 0 aliphatic carbocycles. The molecule has 0 saturated heterocycles. The van der Waals surface area contributed by atoms with E-state index in [9.17, 15) is 22.8 Å². The Morgan fingerprint density at radius 1 is 1.06 bits per heavy atom. The van der Waals surface area contributed by atoms with E-state index in [2.05, 4.69) is 5.32 Å². The molecule has 0 spiro atoms. The van der Waals surface area contributed by atoms with Gasteiger partial charge in [-0.25, -0.2) is 9.59 Å². The Bertz CT molecular complexity index is 922. The van der Waals surface area contributed by atoms with Gasteiger partial charge in [0.05, 0.1) is 16.9 Å². The number of ether oxygens (including phenoxy) is 1. The molecule has 186 valence electrons. The van der Waals surface area contributed by atoms with E-state index in [-0.39, 0.29) is 24.1 Å². The predicted octanol–water partition coefficient (Wildman–Crippen LogP) is 6.10. The highest BCUT2D eigenvalue weighted by atomic mass is 19.4. The third-order valence-electron chi connectivity index (χ3n) is 5.46. The zero-order chi connectivity index (χ0) is 25.1. The van der Waals surface area contributed by atoms with Crippen molar-refractivity contribution in [2.45, 2.75) is 39.3 Å². The van der Waals surface area contributed by atoms with Gasteiger partial charge in [0.25, 0.3) is 0 Å². The first-order chi connectivity index (χ1) is 16.1. The van der Waals surface area contributed by atoms with Crippen LogP contribution in [0.2, 0.25) is 0 Å². The average Bonchev–Trinajstić information content (AvgIpc) is 2.79. The van der Waals surface area contributed by atoms with Crippen LogP contribution in [0, 0.1) is 11.8 Å². The van der Waals surface area contributed by atoms with Crippen LogP contribution in [0.4, 0.5) is 29.3 Å². The minimum atomic E-state index is -4.52. The molecule has 0 unspecified atom stereocenters. The van der Waals surface area contributed by atoms with Gasteiger partial charge in [-0.1, -0.05) is 44.5 Å². The second kappa shape index (κ2) is 13.0. The number of rotatable bonds is 12. The average molecular weight is 481 g/mol. The van der Waals surface area contributed by atoms with Gasteiger partial charge in [0, 0.05) is 13.2 Å². The molecule has 2 rings (SSSR count). The summed E-state index contributed by atoms with van der Waals surface area (Å²) in [4.78, 5) is 24.9. The second-order valence-corrected chi connectivity index (χ2v) is 8.27. The molecule has 9 heteroatoms. The number of hydrogen-bond acceptors (Lipinski definition) is 3. The number of halogens is 3. The van der Waals surface area contributed by atoms with Crippen LogP contribution in [0.25, 0.3) is 0 Å². The van der Waals surface area contributed by atoms with E-state index in [1.807, 2.05) is 13.8 Å². The summed E-state index contributed by atoms with van der Waals surface area (Å²) >= 11 is 0. The van der Waals surface area contributed by atoms with Crippen molar-refractivity contribution in [1.29, 1.82) is 0 Å². The van der Waals surface area contributed by atoms with Crippen LogP contribution in [-0.2, 0) is 15.7 Å². The summed E-state index contributed by atoms with van der Waals surface area (Å²) in [6.45, 7) is 4.34. The van der Waals surface area contributed by atoms with Gasteiger partial charge in [0.2, 0.25) is 0 Å². The topological polar surface area (TPSA) is 78.9 Å². The molecule has 2 aromatic rings. The quantitative estimate of drug-likeness (QED) is 0.385. The molecule has 6 nitrogen and oxygen atoms in total. The summed E-state index contributed by atoms with van der Waals surface area (Å²) in [6.07, 6.45) is -2.13. The smallest absolute Gasteiger partial charge is 0.416 e. The van der Waals surface area contributed by atoms with Crippen molar-refractivity contribution in [2.75, 3.05) is 24.7 Å². The Balaban J connectivity index is 2.06. The highest BCUT2D eigenvalue weighted by Gasteiger charge is 2.31. The fraction of sp³-hybridized carbons (Fsp3) is 0.440. The third kappa shape index (κ3) is 8.70. The van der Waals surface area contributed by atoms with Gasteiger partial charge in [0.15, 0.2) is 0 Å². The lowest BCUT2D eigenvalue weighted by molar-refractivity contribution is -0.142. The maximum Gasteiger partial charge on any atom is 0.416 e. The van der Waals surface area contributed by atoms with Crippen LogP contribution >= 0.6 is 0 Å². The fourth-order valence-electron chi connectivity index (χ4n) is 3.49. The standard InChI is InChI=1S/C25H31F3N2O4/c1-3-19(13-12-18(2)16-34-17-23(31)32)15-29-24(33)30(21-9-5-4-6-10-21)22-11-7-8-20(14-22)25(26,27)28/h4-11,14,18-19H,3,12-13,15-17H2,1-2H3,(H,29,33)(H,31,32)/t18-,19-/m0/s1. The number of carboxylic acid groups (broad SMARTS) is 1. The Morgan fingerprint density at radius 2 is 1.74 bits per heavy atom. The van der Waals surface area contributed by atoms with Crippen LogP contribution in [0.3, 0.4) is 0 Å². The summed E-state index contributed by atoms with van der Waals surface area (Å²) in [5.74, 6) is -0.690. The number of aliphatic carboxylic acids is 1. The molecule has 0 radical (unpaired) electrons. The van der Waals surface area contributed by atoms with Crippen LogP contribution in [-0.4, -0.2) is 36.9 Å². The molecule has 0 aromatic heterocycles. The van der Waals surface area contributed by atoms with E-state index in [4.69, 9.17) is 9.84 Å². The van der Waals surface area contributed by atoms with E-state index in [0.717, 1.165) is 31.4 Å². The molecule has 0 bridgehead atoms. The Kier molecular flexibility index (Phi) is 10.4. The van der Waals surface area contributed by atoms with Crippen molar-refractivity contribution >= 4 is 23.4 Å². The lowest BCUT2D eigenvalue weighted by atomic mass is 9.95. The molecule has 0 aliphatic heterocycles. The molecule has 0 aliphatic rings. The van der Waals surface area contributed by atoms with Gasteiger partial charge in [0.1, 0.15) is 6.61 Å². The first kappa shape index (κ1) is 27.2. The van der Waals surface area contributed by atoms with Gasteiger partial charge in [-0.3, -0.25) is 4.90 Å². The van der Waals surface area contributed by atoms with Crippen LogP contribution in [0.1, 0.15) is 38.7 Å². The van der Waals surface area contributed by atoms with E-state index in [0.29, 0.717) is 18.8 Å².